The van der Waals surface area contributed by atoms with Crippen molar-refractivity contribution in [3.05, 3.63) is 33.6 Å². The minimum absolute atomic E-state index is 0.519. The zero-order chi connectivity index (χ0) is 13.2. The van der Waals surface area contributed by atoms with Crippen LogP contribution in [-0.4, -0.2) is 22.3 Å². The molecule has 2 aromatic rings. The van der Waals surface area contributed by atoms with Gasteiger partial charge in [-0.2, -0.15) is 11.3 Å². The molecule has 0 amide bonds. The van der Waals surface area contributed by atoms with E-state index in [1.807, 2.05) is 12.3 Å². The van der Waals surface area contributed by atoms with Crippen LogP contribution in [0.4, 0.5) is 5.82 Å². The molecule has 1 aliphatic rings. The molecule has 3 nitrogen and oxygen atoms in total. The summed E-state index contributed by atoms with van der Waals surface area (Å²) in [6.45, 7) is 0.898. The van der Waals surface area contributed by atoms with Gasteiger partial charge in [-0.15, -0.1) is 0 Å². The van der Waals surface area contributed by atoms with Crippen LogP contribution in [0.5, 0.6) is 0 Å². The summed E-state index contributed by atoms with van der Waals surface area (Å²) in [7, 11) is 0. The highest BCUT2D eigenvalue weighted by Gasteiger charge is 2.30. The Hall–Kier alpha value is -0.780. The van der Waals surface area contributed by atoms with E-state index in [0.29, 0.717) is 11.2 Å². The Bertz CT molecular complexity index is 555. The van der Waals surface area contributed by atoms with Gasteiger partial charge in [0.05, 0.1) is 0 Å². The molecule has 1 aliphatic carbocycles. The second kappa shape index (κ2) is 5.69. The van der Waals surface area contributed by atoms with Crippen LogP contribution in [0.1, 0.15) is 18.4 Å². The Kier molecular flexibility index (Phi) is 3.96. The predicted octanol–water partition coefficient (Wildman–Crippen LogP) is 4.08. The maximum Gasteiger partial charge on any atom is 0.190 e. The van der Waals surface area contributed by atoms with Gasteiger partial charge in [-0.1, -0.05) is 23.4 Å². The molecule has 100 valence electrons. The fourth-order valence-electron chi connectivity index (χ4n) is 1.99. The van der Waals surface area contributed by atoms with Gasteiger partial charge < -0.3 is 4.90 Å². The molecule has 0 bridgehead atoms. The van der Waals surface area contributed by atoms with Crippen molar-refractivity contribution in [2.24, 2.45) is 0 Å². The summed E-state index contributed by atoms with van der Waals surface area (Å²) in [6, 6.07) is 4.63. The van der Waals surface area contributed by atoms with E-state index in [4.69, 9.17) is 11.6 Å². The highest BCUT2D eigenvalue weighted by Crippen LogP contribution is 2.33. The van der Waals surface area contributed by atoms with Crippen molar-refractivity contribution >= 4 is 40.5 Å². The third-order valence-corrected chi connectivity index (χ3v) is 4.53. The molecule has 1 saturated carbocycles. The minimum Gasteiger partial charge on any atom is -0.349 e. The molecule has 19 heavy (non-hydrogen) atoms. The Morgan fingerprint density at radius 3 is 2.95 bits per heavy atom. The van der Waals surface area contributed by atoms with Gasteiger partial charge in [-0.05, 0) is 41.5 Å². The van der Waals surface area contributed by atoms with Crippen molar-refractivity contribution < 1.29 is 0 Å². The Morgan fingerprint density at radius 2 is 2.32 bits per heavy atom. The lowest BCUT2D eigenvalue weighted by Crippen LogP contribution is -2.26. The monoisotopic (exact) mass is 311 g/mol. The predicted molar refractivity (Wildman–Crippen MR) is 82.3 cm³/mol. The zero-order valence-corrected chi connectivity index (χ0v) is 12.9. The van der Waals surface area contributed by atoms with E-state index in [9.17, 15) is 0 Å². The Morgan fingerprint density at radius 1 is 1.47 bits per heavy atom. The van der Waals surface area contributed by atoms with Gasteiger partial charge >= 0.3 is 0 Å². The zero-order valence-electron chi connectivity index (χ0n) is 10.5. The summed E-state index contributed by atoms with van der Waals surface area (Å²) < 4.78 is 0. The van der Waals surface area contributed by atoms with Gasteiger partial charge in [0, 0.05) is 18.7 Å². The van der Waals surface area contributed by atoms with E-state index in [-0.39, 0.29) is 0 Å². The van der Waals surface area contributed by atoms with Crippen LogP contribution in [0.2, 0.25) is 5.15 Å². The number of hydrogen-bond acceptors (Lipinski definition) is 5. The van der Waals surface area contributed by atoms with E-state index in [1.54, 1.807) is 11.3 Å². The van der Waals surface area contributed by atoms with Gasteiger partial charge in [0.2, 0.25) is 0 Å². The van der Waals surface area contributed by atoms with Crippen LogP contribution in [0, 0.1) is 0 Å². The Balaban J connectivity index is 1.89. The van der Waals surface area contributed by atoms with Gasteiger partial charge in [-0.3, -0.25) is 0 Å². The molecule has 2 aromatic heterocycles. The van der Waals surface area contributed by atoms with Gasteiger partial charge in [0.1, 0.15) is 11.0 Å². The largest absolute Gasteiger partial charge is 0.349 e. The van der Waals surface area contributed by atoms with Gasteiger partial charge in [0.15, 0.2) is 5.16 Å². The molecule has 0 unspecified atom stereocenters. The highest BCUT2D eigenvalue weighted by atomic mass is 35.5. The summed E-state index contributed by atoms with van der Waals surface area (Å²) in [6.07, 6.45) is 4.44. The van der Waals surface area contributed by atoms with Crippen molar-refractivity contribution in [2.75, 3.05) is 11.2 Å². The maximum atomic E-state index is 6.09. The number of nitrogens with zero attached hydrogens (tertiary/aromatic N) is 3. The Labute approximate surface area is 126 Å². The van der Waals surface area contributed by atoms with Crippen molar-refractivity contribution in [1.82, 2.24) is 9.97 Å². The van der Waals surface area contributed by atoms with Crippen molar-refractivity contribution in [3.63, 3.8) is 0 Å². The van der Waals surface area contributed by atoms with E-state index in [2.05, 4.69) is 31.7 Å². The molecule has 0 saturated heterocycles. The van der Waals surface area contributed by atoms with Crippen LogP contribution in [-0.2, 0) is 6.54 Å². The molecule has 0 radical (unpaired) electrons. The van der Waals surface area contributed by atoms with Gasteiger partial charge in [0.25, 0.3) is 0 Å². The number of hydrogen-bond donors (Lipinski definition) is 0. The van der Waals surface area contributed by atoms with E-state index in [1.165, 1.54) is 30.2 Å². The van der Waals surface area contributed by atoms with Crippen LogP contribution in [0.3, 0.4) is 0 Å². The summed E-state index contributed by atoms with van der Waals surface area (Å²) in [5.41, 5.74) is 1.33. The number of thioether (sulfide) groups is 1. The average Bonchev–Trinajstić information content (AvgIpc) is 3.12. The molecule has 6 heteroatoms. The normalized spacial score (nSPS) is 14.6. The number of thiophene rings is 1. The van der Waals surface area contributed by atoms with Crippen molar-refractivity contribution in [3.8, 4) is 0 Å². The smallest absolute Gasteiger partial charge is 0.190 e. The highest BCUT2D eigenvalue weighted by molar-refractivity contribution is 7.98. The fourth-order valence-corrected chi connectivity index (χ4v) is 3.25. The van der Waals surface area contributed by atoms with Crippen LogP contribution < -0.4 is 4.90 Å². The molecular formula is C13H14ClN3S2. The van der Waals surface area contributed by atoms with Crippen LogP contribution in [0.25, 0.3) is 0 Å². The van der Waals surface area contributed by atoms with Crippen LogP contribution >= 0.6 is 34.7 Å². The van der Waals surface area contributed by atoms with Crippen molar-refractivity contribution in [1.29, 1.82) is 0 Å². The second-order valence-corrected chi connectivity index (χ2v) is 6.47. The third-order valence-electron chi connectivity index (χ3n) is 3.06. The molecule has 2 heterocycles. The number of rotatable bonds is 5. The third kappa shape index (κ3) is 3.22. The lowest BCUT2D eigenvalue weighted by atomic mass is 10.3. The summed E-state index contributed by atoms with van der Waals surface area (Å²) >= 11 is 9.34. The van der Waals surface area contributed by atoms with E-state index in [0.717, 1.165) is 17.5 Å². The lowest BCUT2D eigenvalue weighted by Gasteiger charge is -2.23. The molecule has 1 fully saturated rings. The molecule has 3 rings (SSSR count). The first-order valence-corrected chi connectivity index (χ1v) is 8.67. The lowest BCUT2D eigenvalue weighted by molar-refractivity contribution is 0.763. The van der Waals surface area contributed by atoms with E-state index >= 15 is 0 Å². The molecule has 0 atom stereocenters. The summed E-state index contributed by atoms with van der Waals surface area (Å²) in [5, 5.41) is 5.55. The van der Waals surface area contributed by atoms with Gasteiger partial charge in [-0.25, -0.2) is 9.97 Å². The summed E-state index contributed by atoms with van der Waals surface area (Å²) in [5.74, 6) is 0.943. The van der Waals surface area contributed by atoms with E-state index < -0.39 is 0 Å². The molecular weight excluding hydrogens is 298 g/mol. The second-order valence-electron chi connectivity index (χ2n) is 4.53. The quantitative estimate of drug-likeness (QED) is 0.472. The number of halogens is 1. The maximum absolute atomic E-state index is 6.09. The molecule has 0 aliphatic heterocycles. The molecule has 0 N–H and O–H groups in total. The fraction of sp³-hybridized carbons (Fsp3) is 0.385. The number of anilines is 1. The minimum atomic E-state index is 0.519. The number of aromatic nitrogens is 2. The first-order valence-electron chi connectivity index (χ1n) is 6.12. The first-order chi connectivity index (χ1) is 9.26. The summed E-state index contributed by atoms with van der Waals surface area (Å²) in [4.78, 5) is 11.1. The SMILES string of the molecule is CSc1nc(Cl)cc(N(Cc2ccsc2)C2CC2)n1. The average molecular weight is 312 g/mol. The first kappa shape index (κ1) is 13.2. The molecule has 0 spiro atoms. The van der Waals surface area contributed by atoms with Crippen LogP contribution in [0.15, 0.2) is 28.0 Å². The standard InChI is InChI=1S/C13H14ClN3S2/c1-18-13-15-11(14)6-12(16-13)17(10-2-3-10)7-9-4-5-19-8-9/h4-6,8,10H,2-3,7H2,1H3. The van der Waals surface area contributed by atoms with Crippen molar-refractivity contribution in [2.45, 2.75) is 30.6 Å². The topological polar surface area (TPSA) is 29.0 Å². The molecule has 0 aromatic carbocycles.